The van der Waals surface area contributed by atoms with Gasteiger partial charge in [-0.25, -0.2) is 4.39 Å². The van der Waals surface area contributed by atoms with Gasteiger partial charge in [0.25, 0.3) is 0 Å². The average molecular weight is 228 g/mol. The molecule has 0 amide bonds. The average Bonchev–Trinajstić information content (AvgIpc) is 2.26. The molecule has 80 valence electrons. The summed E-state index contributed by atoms with van der Waals surface area (Å²) < 4.78 is 18.4. The maximum Gasteiger partial charge on any atom is 0.144 e. The summed E-state index contributed by atoms with van der Waals surface area (Å²) in [5, 5.41) is 8.52. The van der Waals surface area contributed by atoms with Crippen LogP contribution in [0.4, 0.5) is 4.39 Å². The van der Waals surface area contributed by atoms with E-state index in [0.29, 0.717) is 18.2 Å². The van der Waals surface area contributed by atoms with E-state index >= 15 is 0 Å². The normalized spacial score (nSPS) is 11.9. The highest BCUT2D eigenvalue weighted by Gasteiger charge is 2.05. The third-order valence-corrected chi connectivity index (χ3v) is 2.39. The van der Waals surface area contributed by atoms with Crippen LogP contribution in [-0.4, -0.2) is 12.5 Å². The van der Waals surface area contributed by atoms with Gasteiger partial charge in [0.05, 0.1) is 12.2 Å². The van der Waals surface area contributed by atoms with Gasteiger partial charge in [-0.05, 0) is 12.1 Å². The highest BCUT2D eigenvalue weighted by atomic mass is 35.5. The van der Waals surface area contributed by atoms with Crippen molar-refractivity contribution in [3.63, 3.8) is 0 Å². The number of nitriles is 1. The maximum atomic E-state index is 13.1. The fourth-order valence-corrected chi connectivity index (χ4v) is 1.05. The standard InChI is InChI=1S/C11H11ClFNO/c1-8(5-12)7-15-10-3-2-9(6-14)11(13)4-10/h2-4,8H,5,7H2,1H3. The van der Waals surface area contributed by atoms with E-state index in [4.69, 9.17) is 21.6 Å². The van der Waals surface area contributed by atoms with E-state index in [9.17, 15) is 4.39 Å². The monoisotopic (exact) mass is 227 g/mol. The molecule has 1 unspecified atom stereocenters. The fourth-order valence-electron chi connectivity index (χ4n) is 0.959. The number of halogens is 2. The Hall–Kier alpha value is -1.27. The predicted octanol–water partition coefficient (Wildman–Crippen LogP) is 2.95. The molecule has 0 aliphatic rings. The molecule has 0 spiro atoms. The quantitative estimate of drug-likeness (QED) is 0.741. The van der Waals surface area contributed by atoms with E-state index in [-0.39, 0.29) is 11.5 Å². The Morgan fingerprint density at radius 2 is 2.33 bits per heavy atom. The summed E-state index contributed by atoms with van der Waals surface area (Å²) in [5.41, 5.74) is 0.0211. The molecule has 4 heteroatoms. The molecule has 0 saturated heterocycles. The van der Waals surface area contributed by atoms with E-state index < -0.39 is 5.82 Å². The molecule has 0 N–H and O–H groups in total. The lowest BCUT2D eigenvalue weighted by atomic mass is 10.2. The van der Waals surface area contributed by atoms with Gasteiger partial charge >= 0.3 is 0 Å². The first-order valence-corrected chi connectivity index (χ1v) is 5.09. The molecule has 1 aromatic rings. The Morgan fingerprint density at radius 1 is 1.60 bits per heavy atom. The zero-order chi connectivity index (χ0) is 11.3. The molecular weight excluding hydrogens is 217 g/mol. The Morgan fingerprint density at radius 3 is 2.87 bits per heavy atom. The number of nitrogens with zero attached hydrogens (tertiary/aromatic N) is 1. The first kappa shape index (κ1) is 11.8. The van der Waals surface area contributed by atoms with Crippen LogP contribution in [-0.2, 0) is 0 Å². The third kappa shape index (κ3) is 3.41. The van der Waals surface area contributed by atoms with Crippen LogP contribution in [0.15, 0.2) is 18.2 Å². The van der Waals surface area contributed by atoms with Gasteiger partial charge in [0.1, 0.15) is 17.6 Å². The lowest BCUT2D eigenvalue weighted by Crippen LogP contribution is -2.09. The van der Waals surface area contributed by atoms with Crippen molar-refractivity contribution >= 4 is 11.6 Å². The largest absolute Gasteiger partial charge is 0.493 e. The molecule has 0 aliphatic carbocycles. The van der Waals surface area contributed by atoms with Crippen LogP contribution in [0.1, 0.15) is 12.5 Å². The number of rotatable bonds is 4. The van der Waals surface area contributed by atoms with Crippen LogP contribution >= 0.6 is 11.6 Å². The molecular formula is C11H11ClFNO. The SMILES string of the molecule is CC(CCl)COc1ccc(C#N)c(F)c1. The van der Waals surface area contributed by atoms with Gasteiger partial charge in [-0.15, -0.1) is 11.6 Å². The molecule has 0 heterocycles. The minimum Gasteiger partial charge on any atom is -0.493 e. The Balaban J connectivity index is 2.64. The lowest BCUT2D eigenvalue weighted by molar-refractivity contribution is 0.271. The second-order valence-electron chi connectivity index (χ2n) is 3.32. The van der Waals surface area contributed by atoms with E-state index in [2.05, 4.69) is 0 Å². The minimum absolute atomic E-state index is 0.0211. The number of hydrogen-bond donors (Lipinski definition) is 0. The number of alkyl halides is 1. The van der Waals surface area contributed by atoms with Gasteiger partial charge in [-0.3, -0.25) is 0 Å². The van der Waals surface area contributed by atoms with Gasteiger partial charge in [0.2, 0.25) is 0 Å². The van der Waals surface area contributed by atoms with Crippen LogP contribution in [0.5, 0.6) is 5.75 Å². The first-order valence-electron chi connectivity index (χ1n) is 4.55. The fraction of sp³-hybridized carbons (Fsp3) is 0.364. The van der Waals surface area contributed by atoms with Crippen LogP contribution in [0.2, 0.25) is 0 Å². The minimum atomic E-state index is -0.562. The molecule has 15 heavy (non-hydrogen) atoms. The van der Waals surface area contributed by atoms with Crippen molar-refractivity contribution in [3.8, 4) is 11.8 Å². The van der Waals surface area contributed by atoms with E-state index in [0.717, 1.165) is 0 Å². The van der Waals surface area contributed by atoms with Crippen molar-refractivity contribution in [2.45, 2.75) is 6.92 Å². The predicted molar refractivity (Wildman–Crippen MR) is 56.5 cm³/mol. The highest BCUT2D eigenvalue weighted by molar-refractivity contribution is 6.18. The van der Waals surface area contributed by atoms with Crippen LogP contribution in [0.3, 0.4) is 0 Å². The summed E-state index contributed by atoms with van der Waals surface area (Å²) in [6.07, 6.45) is 0. The van der Waals surface area contributed by atoms with Crippen LogP contribution < -0.4 is 4.74 Å². The van der Waals surface area contributed by atoms with Crippen LogP contribution in [0.25, 0.3) is 0 Å². The molecule has 0 saturated carbocycles. The van der Waals surface area contributed by atoms with Crippen molar-refractivity contribution < 1.29 is 9.13 Å². The summed E-state index contributed by atoms with van der Waals surface area (Å²) in [5.74, 6) is 0.570. The van der Waals surface area contributed by atoms with Gasteiger partial charge in [0, 0.05) is 17.9 Å². The Labute approximate surface area is 93.2 Å². The van der Waals surface area contributed by atoms with Crippen molar-refractivity contribution in [3.05, 3.63) is 29.6 Å². The van der Waals surface area contributed by atoms with E-state index in [1.54, 1.807) is 12.1 Å². The molecule has 1 atom stereocenters. The van der Waals surface area contributed by atoms with E-state index in [1.165, 1.54) is 12.1 Å². The van der Waals surface area contributed by atoms with Gasteiger partial charge in [-0.2, -0.15) is 5.26 Å². The van der Waals surface area contributed by atoms with Gasteiger partial charge in [-0.1, -0.05) is 6.92 Å². The Bertz CT molecular complexity index is 375. The van der Waals surface area contributed by atoms with Gasteiger partial charge < -0.3 is 4.74 Å². The molecule has 2 nitrogen and oxygen atoms in total. The summed E-state index contributed by atoms with van der Waals surface area (Å²) in [6, 6.07) is 5.93. The lowest BCUT2D eigenvalue weighted by Gasteiger charge is -2.10. The molecule has 0 aliphatic heterocycles. The highest BCUT2D eigenvalue weighted by Crippen LogP contribution is 2.16. The smallest absolute Gasteiger partial charge is 0.144 e. The van der Waals surface area contributed by atoms with E-state index in [1.807, 2.05) is 6.92 Å². The summed E-state index contributed by atoms with van der Waals surface area (Å²) in [6.45, 7) is 2.38. The molecule has 0 radical (unpaired) electrons. The van der Waals surface area contributed by atoms with Crippen molar-refractivity contribution in [1.82, 2.24) is 0 Å². The first-order chi connectivity index (χ1) is 7.17. The molecule has 0 fully saturated rings. The number of hydrogen-bond acceptors (Lipinski definition) is 2. The number of ether oxygens (including phenoxy) is 1. The van der Waals surface area contributed by atoms with Crippen molar-refractivity contribution in [2.24, 2.45) is 5.92 Å². The van der Waals surface area contributed by atoms with Crippen molar-refractivity contribution in [2.75, 3.05) is 12.5 Å². The second kappa shape index (κ2) is 5.57. The van der Waals surface area contributed by atoms with Gasteiger partial charge in [0.15, 0.2) is 0 Å². The summed E-state index contributed by atoms with van der Waals surface area (Å²) in [4.78, 5) is 0. The zero-order valence-electron chi connectivity index (χ0n) is 8.34. The molecule has 0 bridgehead atoms. The third-order valence-electron chi connectivity index (χ3n) is 1.86. The molecule has 1 rings (SSSR count). The van der Waals surface area contributed by atoms with Crippen molar-refractivity contribution in [1.29, 1.82) is 5.26 Å². The summed E-state index contributed by atoms with van der Waals surface area (Å²) >= 11 is 5.60. The maximum absolute atomic E-state index is 13.1. The molecule has 1 aromatic carbocycles. The molecule has 0 aromatic heterocycles. The summed E-state index contributed by atoms with van der Waals surface area (Å²) in [7, 11) is 0. The van der Waals surface area contributed by atoms with Crippen LogP contribution in [0, 0.1) is 23.1 Å². The Kier molecular flexibility index (Phi) is 4.38. The zero-order valence-corrected chi connectivity index (χ0v) is 9.09. The topological polar surface area (TPSA) is 33.0 Å². The second-order valence-corrected chi connectivity index (χ2v) is 3.63. The number of benzene rings is 1.